The minimum absolute atomic E-state index is 0.00888. The Kier molecular flexibility index (Phi) is 6.78. The highest BCUT2D eigenvalue weighted by atomic mass is 19.4. The number of halogens is 3. The van der Waals surface area contributed by atoms with Crippen molar-refractivity contribution in [2.24, 2.45) is 0 Å². The third-order valence-electron chi connectivity index (χ3n) is 7.00. The summed E-state index contributed by atoms with van der Waals surface area (Å²) in [5.74, 6) is 0.802. The normalized spacial score (nSPS) is 18.0. The molecule has 1 fully saturated rings. The number of anilines is 3. The SMILES string of the molecule is COc1cc(Nc2ncc(C(F)(F)F)c(NC3CC(C)(C)N(C)C(C)(C)C3)n2)cc(-n2nnnc2C)c1. The number of nitrogens with zero attached hydrogens (tertiary/aromatic N) is 7. The van der Waals surface area contributed by atoms with Crippen LogP contribution in [0.2, 0.25) is 0 Å². The Hall–Kier alpha value is -3.48. The number of tetrazole rings is 1. The molecule has 0 bridgehead atoms. The quantitative estimate of drug-likeness (QED) is 0.483. The minimum Gasteiger partial charge on any atom is -0.497 e. The van der Waals surface area contributed by atoms with Crippen molar-refractivity contribution in [2.45, 2.75) is 70.8 Å². The molecule has 10 nitrogen and oxygen atoms in total. The summed E-state index contributed by atoms with van der Waals surface area (Å²) in [5.41, 5.74) is -0.237. The van der Waals surface area contributed by atoms with Crippen LogP contribution in [0.1, 0.15) is 51.9 Å². The number of rotatable bonds is 6. The zero-order chi connectivity index (χ0) is 27.2. The number of aromatic nitrogens is 6. The molecule has 3 heterocycles. The highest BCUT2D eigenvalue weighted by molar-refractivity contribution is 5.62. The number of ether oxygens (including phenoxy) is 1. The summed E-state index contributed by atoms with van der Waals surface area (Å²) in [4.78, 5) is 10.5. The van der Waals surface area contributed by atoms with Gasteiger partial charge in [-0.25, -0.2) is 4.98 Å². The number of alkyl halides is 3. The van der Waals surface area contributed by atoms with Crippen LogP contribution in [0.15, 0.2) is 24.4 Å². The lowest BCUT2D eigenvalue weighted by molar-refractivity contribution is -0.137. The fourth-order valence-electron chi connectivity index (χ4n) is 4.92. The summed E-state index contributed by atoms with van der Waals surface area (Å²) in [6.07, 6.45) is -2.50. The maximum Gasteiger partial charge on any atom is 0.421 e. The molecule has 37 heavy (non-hydrogen) atoms. The molecule has 13 heteroatoms. The summed E-state index contributed by atoms with van der Waals surface area (Å²) < 4.78 is 48.6. The fraction of sp³-hybridized carbons (Fsp3) is 0.542. The van der Waals surface area contributed by atoms with Crippen LogP contribution >= 0.6 is 0 Å². The Bertz CT molecular complexity index is 1250. The molecule has 0 spiro atoms. The van der Waals surface area contributed by atoms with Gasteiger partial charge in [-0.2, -0.15) is 22.8 Å². The lowest BCUT2D eigenvalue weighted by Gasteiger charge is -2.53. The van der Waals surface area contributed by atoms with Gasteiger partial charge in [0.15, 0.2) is 5.82 Å². The highest BCUT2D eigenvalue weighted by Crippen LogP contribution is 2.40. The van der Waals surface area contributed by atoms with Gasteiger partial charge in [-0.3, -0.25) is 4.90 Å². The average molecular weight is 520 g/mol. The van der Waals surface area contributed by atoms with Gasteiger partial charge in [0.2, 0.25) is 5.95 Å². The van der Waals surface area contributed by atoms with E-state index in [9.17, 15) is 13.2 Å². The van der Waals surface area contributed by atoms with Gasteiger partial charge in [0.05, 0.1) is 12.8 Å². The average Bonchev–Trinajstić information content (AvgIpc) is 3.22. The Morgan fingerprint density at radius 1 is 1.08 bits per heavy atom. The van der Waals surface area contributed by atoms with Crippen LogP contribution in [-0.4, -0.2) is 66.4 Å². The molecule has 1 saturated heterocycles. The molecular formula is C24H32F3N9O. The number of methoxy groups -OCH3 is 1. The van der Waals surface area contributed by atoms with E-state index in [2.05, 4.69) is 68.7 Å². The smallest absolute Gasteiger partial charge is 0.421 e. The second-order valence-corrected chi connectivity index (χ2v) is 10.6. The number of nitrogens with one attached hydrogen (secondary N) is 2. The standard InChI is InChI=1S/C24H32F3N9O/c1-14-32-33-34-36(14)17-8-15(9-18(10-17)37-7)30-21-28-13-19(24(25,26)27)20(31-21)29-16-11-22(2,3)35(6)23(4,5)12-16/h8-10,13,16H,11-12H2,1-7H3,(H2,28,29,30,31). The van der Waals surface area contributed by atoms with Gasteiger partial charge in [-0.05, 0) is 71.0 Å². The van der Waals surface area contributed by atoms with Crippen LogP contribution < -0.4 is 15.4 Å². The summed E-state index contributed by atoms with van der Waals surface area (Å²) in [6, 6.07) is 4.93. The first kappa shape index (κ1) is 26.6. The van der Waals surface area contributed by atoms with Crippen molar-refractivity contribution in [3.8, 4) is 11.4 Å². The Labute approximate surface area is 213 Å². The molecule has 1 aliphatic rings. The molecule has 3 aromatic rings. The lowest BCUT2D eigenvalue weighted by atomic mass is 9.77. The van der Waals surface area contributed by atoms with E-state index in [-0.39, 0.29) is 28.9 Å². The van der Waals surface area contributed by atoms with Crippen LogP contribution in [0.4, 0.5) is 30.6 Å². The van der Waals surface area contributed by atoms with E-state index in [0.717, 1.165) is 6.20 Å². The van der Waals surface area contributed by atoms with E-state index >= 15 is 0 Å². The van der Waals surface area contributed by atoms with Gasteiger partial charge in [-0.1, -0.05) is 0 Å². The topological polar surface area (TPSA) is 106 Å². The van der Waals surface area contributed by atoms with Crippen molar-refractivity contribution in [3.63, 3.8) is 0 Å². The first-order valence-electron chi connectivity index (χ1n) is 11.9. The van der Waals surface area contributed by atoms with Crippen molar-refractivity contribution < 1.29 is 17.9 Å². The first-order chi connectivity index (χ1) is 17.2. The zero-order valence-electron chi connectivity index (χ0n) is 22.0. The van der Waals surface area contributed by atoms with E-state index in [4.69, 9.17) is 4.74 Å². The molecule has 1 aromatic carbocycles. The van der Waals surface area contributed by atoms with Crippen LogP contribution in [0, 0.1) is 6.92 Å². The number of hydrogen-bond acceptors (Lipinski definition) is 9. The molecular weight excluding hydrogens is 487 g/mol. The van der Waals surface area contributed by atoms with Gasteiger partial charge in [-0.15, -0.1) is 5.10 Å². The second kappa shape index (κ2) is 9.43. The number of likely N-dealkylation sites (tertiary alicyclic amines) is 1. The van der Waals surface area contributed by atoms with Gasteiger partial charge < -0.3 is 15.4 Å². The third-order valence-corrected chi connectivity index (χ3v) is 7.00. The molecule has 2 N–H and O–H groups in total. The van der Waals surface area contributed by atoms with Crippen LogP contribution in [0.3, 0.4) is 0 Å². The fourth-order valence-corrected chi connectivity index (χ4v) is 4.92. The van der Waals surface area contributed by atoms with E-state index < -0.39 is 11.7 Å². The first-order valence-corrected chi connectivity index (χ1v) is 11.9. The molecule has 200 valence electrons. The number of piperidine rings is 1. The third kappa shape index (κ3) is 5.60. The van der Waals surface area contributed by atoms with Crippen LogP contribution in [-0.2, 0) is 6.18 Å². The predicted molar refractivity (Wildman–Crippen MR) is 133 cm³/mol. The van der Waals surface area contributed by atoms with Crippen molar-refractivity contribution in [1.29, 1.82) is 0 Å². The van der Waals surface area contributed by atoms with Gasteiger partial charge >= 0.3 is 6.18 Å². The second-order valence-electron chi connectivity index (χ2n) is 10.6. The zero-order valence-corrected chi connectivity index (χ0v) is 22.0. The summed E-state index contributed by atoms with van der Waals surface area (Å²) >= 11 is 0. The van der Waals surface area contributed by atoms with Crippen LogP contribution in [0.5, 0.6) is 5.75 Å². The maximum absolute atomic E-state index is 13.9. The van der Waals surface area contributed by atoms with E-state index in [1.54, 1.807) is 25.1 Å². The van der Waals surface area contributed by atoms with Crippen molar-refractivity contribution in [1.82, 2.24) is 35.1 Å². The maximum atomic E-state index is 13.9. The van der Waals surface area contributed by atoms with E-state index in [1.807, 2.05) is 7.05 Å². The minimum atomic E-state index is -4.61. The van der Waals surface area contributed by atoms with E-state index in [1.165, 1.54) is 11.8 Å². The lowest BCUT2D eigenvalue weighted by Crippen LogP contribution is -2.61. The number of aryl methyl sites for hydroxylation is 1. The van der Waals surface area contributed by atoms with Crippen molar-refractivity contribution in [2.75, 3.05) is 24.8 Å². The van der Waals surface area contributed by atoms with Gasteiger partial charge in [0.1, 0.15) is 17.1 Å². The molecule has 0 amide bonds. The van der Waals surface area contributed by atoms with Crippen LogP contribution in [0.25, 0.3) is 5.69 Å². The largest absolute Gasteiger partial charge is 0.497 e. The highest BCUT2D eigenvalue weighted by Gasteiger charge is 2.44. The number of benzene rings is 1. The molecule has 1 aliphatic heterocycles. The van der Waals surface area contributed by atoms with Gasteiger partial charge in [0.25, 0.3) is 0 Å². The summed E-state index contributed by atoms with van der Waals surface area (Å²) in [5, 5.41) is 17.6. The molecule has 0 radical (unpaired) electrons. The van der Waals surface area contributed by atoms with Crippen molar-refractivity contribution >= 4 is 17.5 Å². The Morgan fingerprint density at radius 2 is 1.76 bits per heavy atom. The molecule has 0 aliphatic carbocycles. The van der Waals surface area contributed by atoms with Gasteiger partial charge in [0, 0.05) is 41.1 Å². The predicted octanol–water partition coefficient (Wildman–Crippen LogP) is 4.60. The monoisotopic (exact) mass is 519 g/mol. The number of hydrogen-bond donors (Lipinski definition) is 2. The molecule has 2 aromatic heterocycles. The molecule has 0 atom stereocenters. The summed E-state index contributed by atoms with van der Waals surface area (Å²) in [6.45, 7) is 10.1. The molecule has 0 unspecified atom stereocenters. The van der Waals surface area contributed by atoms with E-state index in [0.29, 0.717) is 35.8 Å². The Balaban J connectivity index is 1.67. The van der Waals surface area contributed by atoms with Crippen molar-refractivity contribution in [3.05, 3.63) is 35.8 Å². The summed E-state index contributed by atoms with van der Waals surface area (Å²) in [7, 11) is 3.56. The molecule has 0 saturated carbocycles. The molecule has 4 rings (SSSR count). The Morgan fingerprint density at radius 3 is 2.32 bits per heavy atom.